The van der Waals surface area contributed by atoms with Crippen LogP contribution < -0.4 is 0 Å². The van der Waals surface area contributed by atoms with Crippen molar-refractivity contribution in [3.63, 3.8) is 0 Å². The Morgan fingerprint density at radius 2 is 2.19 bits per heavy atom. The van der Waals surface area contributed by atoms with E-state index in [0.29, 0.717) is 22.7 Å². The number of aliphatic hydroxyl groups is 1. The number of halogens is 2. The molecule has 1 aliphatic carbocycles. The normalized spacial score (nSPS) is 19.5. The fourth-order valence-electron chi connectivity index (χ4n) is 2.05. The molecule has 1 aliphatic rings. The van der Waals surface area contributed by atoms with Gasteiger partial charge in [0.15, 0.2) is 0 Å². The predicted molar refractivity (Wildman–Crippen MR) is 65.7 cm³/mol. The SMILES string of the molecule is CC(C(O)Cc1cccc(F)c1Br)C1CC1. The van der Waals surface area contributed by atoms with Gasteiger partial charge in [0.1, 0.15) is 5.82 Å². The summed E-state index contributed by atoms with van der Waals surface area (Å²) in [7, 11) is 0. The van der Waals surface area contributed by atoms with E-state index >= 15 is 0 Å². The maximum atomic E-state index is 13.3. The van der Waals surface area contributed by atoms with E-state index in [-0.39, 0.29) is 11.9 Å². The van der Waals surface area contributed by atoms with Crippen LogP contribution in [-0.4, -0.2) is 11.2 Å². The van der Waals surface area contributed by atoms with Crippen molar-refractivity contribution in [1.29, 1.82) is 0 Å². The van der Waals surface area contributed by atoms with Gasteiger partial charge in [-0.05, 0) is 58.7 Å². The van der Waals surface area contributed by atoms with Crippen molar-refractivity contribution < 1.29 is 9.50 Å². The fourth-order valence-corrected chi connectivity index (χ4v) is 2.48. The van der Waals surface area contributed by atoms with Gasteiger partial charge >= 0.3 is 0 Å². The Hall–Kier alpha value is -0.410. The molecule has 0 bridgehead atoms. The summed E-state index contributed by atoms with van der Waals surface area (Å²) >= 11 is 3.22. The van der Waals surface area contributed by atoms with E-state index in [9.17, 15) is 9.50 Å². The van der Waals surface area contributed by atoms with Crippen LogP contribution in [0.25, 0.3) is 0 Å². The van der Waals surface area contributed by atoms with Crippen LogP contribution in [0, 0.1) is 17.7 Å². The Kier molecular flexibility index (Phi) is 3.65. The summed E-state index contributed by atoms with van der Waals surface area (Å²) in [6.07, 6.45) is 2.60. The Labute approximate surface area is 104 Å². The molecule has 1 nitrogen and oxygen atoms in total. The topological polar surface area (TPSA) is 20.2 Å². The van der Waals surface area contributed by atoms with E-state index in [0.717, 1.165) is 5.56 Å². The van der Waals surface area contributed by atoms with E-state index in [2.05, 4.69) is 22.9 Å². The van der Waals surface area contributed by atoms with Crippen molar-refractivity contribution in [3.8, 4) is 0 Å². The number of hydrogen-bond donors (Lipinski definition) is 1. The van der Waals surface area contributed by atoms with Gasteiger partial charge in [-0.15, -0.1) is 0 Å². The van der Waals surface area contributed by atoms with Gasteiger partial charge in [0.05, 0.1) is 10.6 Å². The Balaban J connectivity index is 2.05. The van der Waals surface area contributed by atoms with Crippen molar-refractivity contribution in [2.75, 3.05) is 0 Å². The van der Waals surface area contributed by atoms with Crippen LogP contribution in [0.1, 0.15) is 25.3 Å². The third kappa shape index (κ3) is 2.64. The second kappa shape index (κ2) is 4.84. The molecule has 16 heavy (non-hydrogen) atoms. The zero-order chi connectivity index (χ0) is 11.7. The van der Waals surface area contributed by atoms with Crippen LogP contribution in [0.3, 0.4) is 0 Å². The largest absolute Gasteiger partial charge is 0.392 e. The molecule has 0 aliphatic heterocycles. The molecule has 2 unspecified atom stereocenters. The summed E-state index contributed by atoms with van der Waals surface area (Å²) in [6.45, 7) is 2.08. The second-order valence-corrected chi connectivity index (χ2v) is 5.47. The van der Waals surface area contributed by atoms with Crippen molar-refractivity contribution >= 4 is 15.9 Å². The quantitative estimate of drug-likeness (QED) is 0.898. The predicted octanol–water partition coefficient (Wildman–Crippen LogP) is 3.54. The second-order valence-electron chi connectivity index (χ2n) is 4.68. The zero-order valence-electron chi connectivity index (χ0n) is 9.29. The van der Waals surface area contributed by atoms with Crippen molar-refractivity contribution in [3.05, 3.63) is 34.1 Å². The summed E-state index contributed by atoms with van der Waals surface area (Å²) in [5.74, 6) is 0.723. The summed E-state index contributed by atoms with van der Waals surface area (Å²) in [6, 6.07) is 4.96. The highest BCUT2D eigenvalue weighted by atomic mass is 79.9. The third-order valence-electron chi connectivity index (χ3n) is 3.43. The van der Waals surface area contributed by atoms with E-state index < -0.39 is 0 Å². The average molecular weight is 287 g/mol. The van der Waals surface area contributed by atoms with Crippen LogP contribution in [0.15, 0.2) is 22.7 Å². The molecule has 88 valence electrons. The maximum absolute atomic E-state index is 13.3. The molecule has 1 saturated carbocycles. The highest BCUT2D eigenvalue weighted by Crippen LogP contribution is 2.39. The van der Waals surface area contributed by atoms with E-state index in [1.165, 1.54) is 18.9 Å². The minimum absolute atomic E-state index is 0.260. The molecule has 3 heteroatoms. The van der Waals surface area contributed by atoms with Gasteiger partial charge in [0.25, 0.3) is 0 Å². The lowest BCUT2D eigenvalue weighted by Gasteiger charge is -2.19. The van der Waals surface area contributed by atoms with Crippen LogP contribution >= 0.6 is 15.9 Å². The van der Waals surface area contributed by atoms with Gasteiger partial charge in [-0.1, -0.05) is 19.1 Å². The van der Waals surface area contributed by atoms with Crippen molar-refractivity contribution in [2.24, 2.45) is 11.8 Å². The zero-order valence-corrected chi connectivity index (χ0v) is 10.9. The first kappa shape index (κ1) is 12.1. The smallest absolute Gasteiger partial charge is 0.137 e. The Morgan fingerprint density at radius 1 is 1.50 bits per heavy atom. The molecule has 0 aromatic heterocycles. The standard InChI is InChI=1S/C13H16BrFO/c1-8(9-5-6-9)12(16)7-10-3-2-4-11(15)13(10)14/h2-4,8-9,12,16H,5-7H2,1H3. The van der Waals surface area contributed by atoms with Crippen molar-refractivity contribution in [1.82, 2.24) is 0 Å². The summed E-state index contributed by atoms with van der Waals surface area (Å²) < 4.78 is 13.8. The highest BCUT2D eigenvalue weighted by Gasteiger charge is 2.32. The monoisotopic (exact) mass is 286 g/mol. The summed E-state index contributed by atoms with van der Waals surface area (Å²) in [5.41, 5.74) is 0.847. The first-order valence-corrected chi connectivity index (χ1v) is 6.50. The number of aliphatic hydroxyl groups excluding tert-OH is 1. The number of benzene rings is 1. The lowest BCUT2D eigenvalue weighted by Crippen LogP contribution is -2.22. The minimum Gasteiger partial charge on any atom is -0.392 e. The molecule has 0 radical (unpaired) electrons. The molecule has 0 amide bonds. The molecule has 1 fully saturated rings. The van der Waals surface area contributed by atoms with Gasteiger partial charge in [-0.3, -0.25) is 0 Å². The maximum Gasteiger partial charge on any atom is 0.137 e. The molecular weight excluding hydrogens is 271 g/mol. The Bertz CT molecular complexity index is 376. The molecular formula is C13H16BrFO. The van der Waals surface area contributed by atoms with Crippen LogP contribution in [0.2, 0.25) is 0 Å². The van der Waals surface area contributed by atoms with Gasteiger partial charge in [-0.25, -0.2) is 4.39 Å². The van der Waals surface area contributed by atoms with E-state index in [4.69, 9.17) is 0 Å². The van der Waals surface area contributed by atoms with Gasteiger partial charge in [0, 0.05) is 0 Å². The molecule has 1 aromatic carbocycles. The molecule has 2 atom stereocenters. The summed E-state index contributed by atoms with van der Waals surface area (Å²) in [4.78, 5) is 0. The molecule has 1 aromatic rings. The first-order chi connectivity index (χ1) is 7.59. The van der Waals surface area contributed by atoms with Gasteiger partial charge in [-0.2, -0.15) is 0 Å². The minimum atomic E-state index is -0.370. The van der Waals surface area contributed by atoms with E-state index in [1.807, 2.05) is 6.07 Å². The third-order valence-corrected chi connectivity index (χ3v) is 4.32. The van der Waals surface area contributed by atoms with Crippen LogP contribution in [0.5, 0.6) is 0 Å². The van der Waals surface area contributed by atoms with Gasteiger partial charge < -0.3 is 5.11 Å². The fraction of sp³-hybridized carbons (Fsp3) is 0.538. The molecule has 0 saturated heterocycles. The van der Waals surface area contributed by atoms with Crippen LogP contribution in [-0.2, 0) is 6.42 Å². The number of rotatable bonds is 4. The van der Waals surface area contributed by atoms with Crippen molar-refractivity contribution in [2.45, 2.75) is 32.3 Å². The van der Waals surface area contributed by atoms with Gasteiger partial charge in [0.2, 0.25) is 0 Å². The molecule has 1 N–H and O–H groups in total. The first-order valence-electron chi connectivity index (χ1n) is 5.70. The lowest BCUT2D eigenvalue weighted by atomic mass is 9.94. The van der Waals surface area contributed by atoms with Crippen LogP contribution in [0.4, 0.5) is 4.39 Å². The number of hydrogen-bond acceptors (Lipinski definition) is 1. The summed E-state index contributed by atoms with van der Waals surface area (Å²) in [5, 5.41) is 10.1. The molecule has 0 heterocycles. The lowest BCUT2D eigenvalue weighted by molar-refractivity contribution is 0.105. The average Bonchev–Trinajstić information content (AvgIpc) is 3.07. The molecule has 2 rings (SSSR count). The molecule has 0 spiro atoms. The highest BCUT2D eigenvalue weighted by molar-refractivity contribution is 9.10. The Morgan fingerprint density at radius 3 is 2.81 bits per heavy atom. The van der Waals surface area contributed by atoms with E-state index in [1.54, 1.807) is 6.07 Å².